The van der Waals surface area contributed by atoms with Crippen LogP contribution in [0.4, 0.5) is 0 Å². The van der Waals surface area contributed by atoms with E-state index in [1.54, 1.807) is 0 Å². The number of carbonyl (C=O) groups is 1. The Morgan fingerprint density at radius 1 is 1.36 bits per heavy atom. The maximum Gasteiger partial charge on any atom is 0.224 e. The number of aromatic nitrogens is 2. The molecular formula is C20H27N3O2. The van der Waals surface area contributed by atoms with Crippen molar-refractivity contribution in [1.82, 2.24) is 15.1 Å². The largest absolute Gasteiger partial charge is 0.396 e. The summed E-state index contributed by atoms with van der Waals surface area (Å²) >= 11 is 0. The maximum atomic E-state index is 12.6. The normalized spacial score (nSPS) is 23.0. The van der Waals surface area contributed by atoms with Crippen molar-refractivity contribution >= 4 is 5.91 Å². The highest BCUT2D eigenvalue weighted by molar-refractivity contribution is 5.79. The van der Waals surface area contributed by atoms with Crippen molar-refractivity contribution in [2.24, 2.45) is 5.41 Å². The van der Waals surface area contributed by atoms with Gasteiger partial charge in [-0.15, -0.1) is 0 Å². The highest BCUT2D eigenvalue weighted by atomic mass is 16.3. The van der Waals surface area contributed by atoms with E-state index in [1.807, 2.05) is 48.9 Å². The molecule has 1 heterocycles. The second kappa shape index (κ2) is 7.00. The number of aliphatic hydroxyl groups is 1. The summed E-state index contributed by atoms with van der Waals surface area (Å²) in [4.78, 5) is 12.6. The first-order valence-corrected chi connectivity index (χ1v) is 8.95. The number of para-hydroxylation sites is 1. The lowest BCUT2D eigenvalue weighted by Gasteiger charge is -2.30. The van der Waals surface area contributed by atoms with E-state index in [9.17, 15) is 9.90 Å². The van der Waals surface area contributed by atoms with E-state index in [0.717, 1.165) is 41.9 Å². The zero-order chi connectivity index (χ0) is 18.0. The second-order valence-electron chi connectivity index (χ2n) is 7.40. The molecule has 2 atom stereocenters. The Kier molecular flexibility index (Phi) is 4.95. The minimum atomic E-state index is -0.200. The Morgan fingerprint density at radius 3 is 2.76 bits per heavy atom. The van der Waals surface area contributed by atoms with Gasteiger partial charge in [0.1, 0.15) is 0 Å². The summed E-state index contributed by atoms with van der Waals surface area (Å²) in [6, 6.07) is 10.0. The molecule has 25 heavy (non-hydrogen) atoms. The zero-order valence-electron chi connectivity index (χ0n) is 15.2. The first kappa shape index (κ1) is 17.7. The fraction of sp³-hybridized carbons (Fsp3) is 0.500. The number of hydrogen-bond acceptors (Lipinski definition) is 3. The fourth-order valence-corrected chi connectivity index (χ4v) is 3.83. The van der Waals surface area contributed by atoms with Crippen LogP contribution in [-0.2, 0) is 11.2 Å². The summed E-state index contributed by atoms with van der Waals surface area (Å²) in [5.41, 5.74) is 3.65. The third kappa shape index (κ3) is 3.47. The van der Waals surface area contributed by atoms with Crippen LogP contribution >= 0.6 is 0 Å². The number of aryl methyl sites for hydroxylation is 1. The molecular weight excluding hydrogens is 314 g/mol. The molecule has 2 N–H and O–H groups in total. The molecule has 0 aliphatic heterocycles. The monoisotopic (exact) mass is 341 g/mol. The van der Waals surface area contributed by atoms with Crippen LogP contribution in [0, 0.1) is 19.3 Å². The highest BCUT2D eigenvalue weighted by Gasteiger charge is 2.39. The van der Waals surface area contributed by atoms with E-state index >= 15 is 0 Å². The predicted octanol–water partition coefficient (Wildman–Crippen LogP) is 2.70. The molecule has 1 aliphatic carbocycles. The van der Waals surface area contributed by atoms with E-state index in [-0.39, 0.29) is 24.0 Å². The fourth-order valence-electron chi connectivity index (χ4n) is 3.83. The minimum absolute atomic E-state index is 0.00499. The topological polar surface area (TPSA) is 67.2 Å². The van der Waals surface area contributed by atoms with Gasteiger partial charge in [-0.2, -0.15) is 5.10 Å². The number of amides is 1. The molecule has 2 unspecified atom stereocenters. The molecule has 0 spiro atoms. The van der Waals surface area contributed by atoms with Crippen molar-refractivity contribution in [3.63, 3.8) is 0 Å². The highest BCUT2D eigenvalue weighted by Crippen LogP contribution is 2.37. The number of aliphatic hydroxyl groups excluding tert-OH is 1. The van der Waals surface area contributed by atoms with Crippen molar-refractivity contribution < 1.29 is 9.90 Å². The summed E-state index contributed by atoms with van der Waals surface area (Å²) in [7, 11) is 0. The predicted molar refractivity (Wildman–Crippen MR) is 97.7 cm³/mol. The van der Waals surface area contributed by atoms with Crippen LogP contribution in [-0.4, -0.2) is 33.4 Å². The summed E-state index contributed by atoms with van der Waals surface area (Å²) < 4.78 is 1.89. The standard InChI is InChI=1S/C20H27N3O2/c1-14-17(15(2)23(22-14)16-8-5-4-6-9-16)12-19(25)21-18-10-7-11-20(18,3)13-24/h4-6,8-9,18,24H,7,10-13H2,1-3H3,(H,21,25). The molecule has 5 nitrogen and oxygen atoms in total. The molecule has 1 fully saturated rings. The second-order valence-corrected chi connectivity index (χ2v) is 7.40. The average Bonchev–Trinajstić information content (AvgIpc) is 3.11. The molecule has 1 aliphatic rings. The summed E-state index contributed by atoms with van der Waals surface area (Å²) in [6.07, 6.45) is 3.26. The molecule has 1 aromatic carbocycles. The van der Waals surface area contributed by atoms with Gasteiger partial charge in [0.05, 0.1) is 24.4 Å². The Hall–Kier alpha value is -2.14. The van der Waals surface area contributed by atoms with Crippen LogP contribution in [0.1, 0.15) is 43.1 Å². The lowest BCUT2D eigenvalue weighted by Crippen LogP contribution is -2.45. The van der Waals surface area contributed by atoms with Gasteiger partial charge >= 0.3 is 0 Å². The van der Waals surface area contributed by atoms with E-state index in [4.69, 9.17) is 0 Å². The number of nitrogens with one attached hydrogen (secondary N) is 1. The van der Waals surface area contributed by atoms with Gasteiger partial charge in [-0.3, -0.25) is 4.79 Å². The molecule has 3 rings (SSSR count). The maximum absolute atomic E-state index is 12.6. The van der Waals surface area contributed by atoms with Gasteiger partial charge in [0.2, 0.25) is 5.91 Å². The Labute approximate surface area is 149 Å². The molecule has 1 saturated carbocycles. The summed E-state index contributed by atoms with van der Waals surface area (Å²) in [5, 5.41) is 17.4. The lowest BCUT2D eigenvalue weighted by atomic mass is 9.85. The zero-order valence-corrected chi connectivity index (χ0v) is 15.2. The van der Waals surface area contributed by atoms with Gasteiger partial charge in [0.25, 0.3) is 0 Å². The van der Waals surface area contributed by atoms with E-state index in [1.165, 1.54) is 0 Å². The first-order chi connectivity index (χ1) is 11.9. The van der Waals surface area contributed by atoms with Gasteiger partial charge in [0, 0.05) is 22.7 Å². The Balaban J connectivity index is 1.75. The lowest BCUT2D eigenvalue weighted by molar-refractivity contribution is -0.122. The van der Waals surface area contributed by atoms with Crippen LogP contribution in [0.3, 0.4) is 0 Å². The smallest absolute Gasteiger partial charge is 0.224 e. The van der Waals surface area contributed by atoms with Crippen LogP contribution in [0.2, 0.25) is 0 Å². The van der Waals surface area contributed by atoms with Gasteiger partial charge in [-0.25, -0.2) is 4.68 Å². The Morgan fingerprint density at radius 2 is 2.08 bits per heavy atom. The van der Waals surface area contributed by atoms with Gasteiger partial charge in [0.15, 0.2) is 0 Å². The number of benzene rings is 1. The van der Waals surface area contributed by atoms with Crippen molar-refractivity contribution in [3.8, 4) is 5.69 Å². The van der Waals surface area contributed by atoms with Gasteiger partial charge < -0.3 is 10.4 Å². The molecule has 1 aromatic heterocycles. The molecule has 5 heteroatoms. The number of nitrogens with zero attached hydrogens (tertiary/aromatic N) is 2. The van der Waals surface area contributed by atoms with Crippen LogP contribution < -0.4 is 5.32 Å². The number of rotatable bonds is 5. The molecule has 2 aromatic rings. The van der Waals surface area contributed by atoms with Gasteiger partial charge in [-0.05, 0) is 38.8 Å². The van der Waals surface area contributed by atoms with Crippen molar-refractivity contribution in [2.45, 2.75) is 52.5 Å². The number of carbonyl (C=O) groups excluding carboxylic acids is 1. The van der Waals surface area contributed by atoms with Crippen molar-refractivity contribution in [2.75, 3.05) is 6.61 Å². The molecule has 134 valence electrons. The number of hydrogen-bond donors (Lipinski definition) is 2. The molecule has 0 bridgehead atoms. The summed E-state index contributed by atoms with van der Waals surface area (Å²) in [6.45, 7) is 6.11. The van der Waals surface area contributed by atoms with Crippen LogP contribution in [0.15, 0.2) is 30.3 Å². The molecule has 0 saturated heterocycles. The van der Waals surface area contributed by atoms with Crippen LogP contribution in [0.25, 0.3) is 5.69 Å². The SMILES string of the molecule is Cc1nn(-c2ccccc2)c(C)c1CC(=O)NC1CCCC1(C)CO. The van der Waals surface area contributed by atoms with Gasteiger partial charge in [-0.1, -0.05) is 31.5 Å². The van der Waals surface area contributed by atoms with Crippen LogP contribution in [0.5, 0.6) is 0 Å². The summed E-state index contributed by atoms with van der Waals surface area (Å²) in [5.74, 6) is 0.00499. The molecule has 1 amide bonds. The minimum Gasteiger partial charge on any atom is -0.396 e. The third-order valence-electron chi connectivity index (χ3n) is 5.56. The Bertz CT molecular complexity index is 754. The third-order valence-corrected chi connectivity index (χ3v) is 5.56. The quantitative estimate of drug-likeness (QED) is 0.879. The molecule has 0 radical (unpaired) electrons. The van der Waals surface area contributed by atoms with E-state index < -0.39 is 0 Å². The average molecular weight is 341 g/mol. The van der Waals surface area contributed by atoms with E-state index in [0.29, 0.717) is 6.42 Å². The van der Waals surface area contributed by atoms with Crippen molar-refractivity contribution in [1.29, 1.82) is 0 Å². The van der Waals surface area contributed by atoms with E-state index in [2.05, 4.69) is 17.3 Å². The van der Waals surface area contributed by atoms with Crippen molar-refractivity contribution in [3.05, 3.63) is 47.3 Å². The first-order valence-electron chi connectivity index (χ1n) is 8.95.